The molecule has 6 nitrogen and oxygen atoms in total. The molecule has 0 radical (unpaired) electrons. The molecule has 0 N–H and O–H groups in total. The maximum atomic E-state index is 13.7. The number of hydrogen-bond donors (Lipinski definition) is 0. The minimum Gasteiger partial charge on any atom is -0.375 e. The van der Waals surface area contributed by atoms with Gasteiger partial charge < -0.3 is 9.64 Å². The summed E-state index contributed by atoms with van der Waals surface area (Å²) in [7, 11) is 0. The molecule has 2 atom stereocenters. The molecule has 31 heavy (non-hydrogen) atoms. The van der Waals surface area contributed by atoms with Gasteiger partial charge in [-0.2, -0.15) is 0 Å². The Balaban J connectivity index is 1.48. The van der Waals surface area contributed by atoms with Gasteiger partial charge >= 0.3 is 0 Å². The van der Waals surface area contributed by atoms with Crippen LogP contribution in [-0.2, 0) is 22.4 Å². The first kappa shape index (κ1) is 21.5. The molecule has 3 heterocycles. The highest BCUT2D eigenvalue weighted by Gasteiger charge is 2.29. The number of hydrogen-bond acceptors (Lipinski definition) is 6. The Kier molecular flexibility index (Phi) is 6.14. The van der Waals surface area contributed by atoms with Crippen molar-refractivity contribution in [1.29, 1.82) is 0 Å². The summed E-state index contributed by atoms with van der Waals surface area (Å²) in [5.74, 6) is 1.09. The number of thiophene rings is 1. The molecule has 2 fully saturated rings. The highest BCUT2D eigenvalue weighted by molar-refractivity contribution is 7.99. The Morgan fingerprint density at radius 2 is 2.06 bits per heavy atom. The average molecular weight is 462 g/mol. The second kappa shape index (κ2) is 8.87. The standard InChI is InChI=1S/C23H31N3O3S2/c1-14-7-8-17-18(11-14)31-21-20(17)22(28)26(16-5-3-4-6-16)23(24-21)30-13-19(27)25-9-10-29-15(2)12-25/h14-16H,3-13H2,1-2H3/t14-,15-/m1/s1. The topological polar surface area (TPSA) is 64.4 Å². The number of carbonyl (C=O) groups excluding carboxylic acids is 1. The van der Waals surface area contributed by atoms with Crippen molar-refractivity contribution in [2.24, 2.45) is 5.92 Å². The number of aromatic nitrogens is 2. The Hall–Kier alpha value is -1.38. The van der Waals surface area contributed by atoms with E-state index in [2.05, 4.69) is 6.92 Å². The predicted molar refractivity (Wildman–Crippen MR) is 125 cm³/mol. The second-order valence-corrected chi connectivity index (χ2v) is 11.4. The van der Waals surface area contributed by atoms with Crippen LogP contribution in [0.15, 0.2) is 9.95 Å². The van der Waals surface area contributed by atoms with E-state index in [1.165, 1.54) is 22.2 Å². The second-order valence-electron chi connectivity index (χ2n) is 9.35. The Morgan fingerprint density at radius 3 is 2.84 bits per heavy atom. The SMILES string of the molecule is C[C@@H]1CCc2c(sc3nc(SCC(=O)N4CCO[C@H](C)C4)n(C4CCCC4)c(=O)c23)C1. The van der Waals surface area contributed by atoms with Crippen molar-refractivity contribution in [2.45, 2.75) is 76.1 Å². The molecular formula is C23H31N3O3S2. The van der Waals surface area contributed by atoms with Crippen LogP contribution in [0.4, 0.5) is 0 Å². The number of amides is 1. The van der Waals surface area contributed by atoms with E-state index in [1.807, 2.05) is 16.4 Å². The Morgan fingerprint density at radius 1 is 1.26 bits per heavy atom. The summed E-state index contributed by atoms with van der Waals surface area (Å²) in [6, 6.07) is 0.212. The van der Waals surface area contributed by atoms with E-state index in [0.29, 0.717) is 31.4 Å². The summed E-state index contributed by atoms with van der Waals surface area (Å²) in [5.41, 5.74) is 1.37. The summed E-state index contributed by atoms with van der Waals surface area (Å²) in [4.78, 5) is 35.7. The van der Waals surface area contributed by atoms with E-state index < -0.39 is 0 Å². The molecular weight excluding hydrogens is 430 g/mol. The smallest absolute Gasteiger partial charge is 0.263 e. The lowest BCUT2D eigenvalue weighted by Crippen LogP contribution is -2.45. The maximum absolute atomic E-state index is 13.7. The van der Waals surface area contributed by atoms with Crippen molar-refractivity contribution in [2.75, 3.05) is 25.4 Å². The fourth-order valence-electron chi connectivity index (χ4n) is 5.23. The number of thioether (sulfide) groups is 1. The zero-order valence-electron chi connectivity index (χ0n) is 18.4. The van der Waals surface area contributed by atoms with Crippen LogP contribution in [0, 0.1) is 5.92 Å². The molecule has 0 unspecified atom stereocenters. The molecule has 0 bridgehead atoms. The van der Waals surface area contributed by atoms with Crippen LogP contribution >= 0.6 is 23.1 Å². The lowest BCUT2D eigenvalue weighted by molar-refractivity contribution is -0.135. The predicted octanol–water partition coefficient (Wildman–Crippen LogP) is 4.04. The quantitative estimate of drug-likeness (QED) is 0.508. The van der Waals surface area contributed by atoms with E-state index in [0.717, 1.165) is 60.3 Å². The van der Waals surface area contributed by atoms with Crippen LogP contribution in [0.2, 0.25) is 0 Å². The zero-order chi connectivity index (χ0) is 21.5. The number of rotatable bonds is 4. The van der Waals surface area contributed by atoms with Crippen LogP contribution in [-0.4, -0.2) is 51.9 Å². The van der Waals surface area contributed by atoms with E-state index in [1.54, 1.807) is 11.3 Å². The third-order valence-electron chi connectivity index (χ3n) is 6.94. The molecule has 1 aliphatic heterocycles. The highest BCUT2D eigenvalue weighted by atomic mass is 32.2. The number of carbonyl (C=O) groups is 1. The zero-order valence-corrected chi connectivity index (χ0v) is 20.0. The molecule has 2 aliphatic carbocycles. The van der Waals surface area contributed by atoms with Crippen molar-refractivity contribution in [1.82, 2.24) is 14.5 Å². The lowest BCUT2D eigenvalue weighted by atomic mass is 9.89. The van der Waals surface area contributed by atoms with Crippen LogP contribution in [0.1, 0.15) is 62.4 Å². The van der Waals surface area contributed by atoms with Crippen LogP contribution in [0.5, 0.6) is 0 Å². The van der Waals surface area contributed by atoms with Gasteiger partial charge in [-0.3, -0.25) is 14.2 Å². The molecule has 2 aromatic rings. The number of nitrogens with zero attached hydrogens (tertiary/aromatic N) is 3. The van der Waals surface area contributed by atoms with Gasteiger partial charge in [0.25, 0.3) is 5.56 Å². The van der Waals surface area contributed by atoms with Gasteiger partial charge in [-0.1, -0.05) is 31.5 Å². The first-order valence-corrected chi connectivity index (χ1v) is 13.4. The van der Waals surface area contributed by atoms with Gasteiger partial charge in [-0.15, -0.1) is 11.3 Å². The minimum absolute atomic E-state index is 0.0775. The van der Waals surface area contributed by atoms with Gasteiger partial charge in [0.15, 0.2) is 5.16 Å². The molecule has 0 aromatic carbocycles. The normalized spacial score (nSPS) is 24.6. The molecule has 168 valence electrons. The summed E-state index contributed by atoms with van der Waals surface area (Å²) >= 11 is 3.13. The largest absolute Gasteiger partial charge is 0.375 e. The van der Waals surface area contributed by atoms with Gasteiger partial charge in [-0.25, -0.2) is 4.98 Å². The van der Waals surface area contributed by atoms with Crippen LogP contribution in [0.25, 0.3) is 10.2 Å². The van der Waals surface area contributed by atoms with Crippen molar-refractivity contribution >= 4 is 39.2 Å². The molecule has 1 saturated heterocycles. The van der Waals surface area contributed by atoms with Crippen molar-refractivity contribution in [3.8, 4) is 0 Å². The van der Waals surface area contributed by atoms with E-state index >= 15 is 0 Å². The van der Waals surface area contributed by atoms with Gasteiger partial charge in [0.2, 0.25) is 5.91 Å². The number of aryl methyl sites for hydroxylation is 1. The summed E-state index contributed by atoms with van der Waals surface area (Å²) < 4.78 is 7.51. The van der Waals surface area contributed by atoms with Gasteiger partial charge in [0, 0.05) is 24.0 Å². The summed E-state index contributed by atoms with van der Waals surface area (Å²) in [5, 5.41) is 1.59. The highest BCUT2D eigenvalue weighted by Crippen LogP contribution is 2.38. The third kappa shape index (κ3) is 4.18. The van der Waals surface area contributed by atoms with Gasteiger partial charge in [0.1, 0.15) is 4.83 Å². The van der Waals surface area contributed by atoms with E-state index in [-0.39, 0.29) is 23.6 Å². The lowest BCUT2D eigenvalue weighted by Gasteiger charge is -2.31. The van der Waals surface area contributed by atoms with Crippen molar-refractivity contribution in [3.05, 3.63) is 20.8 Å². The fourth-order valence-corrected chi connectivity index (χ4v) is 7.63. The molecule has 3 aliphatic rings. The molecule has 2 aromatic heterocycles. The summed E-state index contributed by atoms with van der Waals surface area (Å²) in [6.45, 7) is 6.16. The first-order chi connectivity index (χ1) is 15.0. The maximum Gasteiger partial charge on any atom is 0.263 e. The van der Waals surface area contributed by atoms with E-state index in [4.69, 9.17) is 9.72 Å². The monoisotopic (exact) mass is 461 g/mol. The number of fused-ring (bicyclic) bond motifs is 3. The molecule has 5 rings (SSSR count). The molecule has 1 amide bonds. The third-order valence-corrected chi connectivity index (χ3v) is 9.02. The Labute approximate surface area is 191 Å². The molecule has 8 heteroatoms. The van der Waals surface area contributed by atoms with Crippen LogP contribution in [0.3, 0.4) is 0 Å². The van der Waals surface area contributed by atoms with Crippen molar-refractivity contribution in [3.63, 3.8) is 0 Å². The Bertz CT molecular complexity index is 1040. The molecule has 0 spiro atoms. The first-order valence-electron chi connectivity index (χ1n) is 11.6. The number of ether oxygens (including phenoxy) is 1. The number of morpholine rings is 1. The van der Waals surface area contributed by atoms with Gasteiger partial charge in [0.05, 0.1) is 23.8 Å². The molecule has 1 saturated carbocycles. The fraction of sp³-hybridized carbons (Fsp3) is 0.696. The summed E-state index contributed by atoms with van der Waals surface area (Å²) in [6.07, 6.45) is 7.62. The van der Waals surface area contributed by atoms with Crippen molar-refractivity contribution < 1.29 is 9.53 Å². The minimum atomic E-state index is 0.0775. The van der Waals surface area contributed by atoms with Gasteiger partial charge in [-0.05, 0) is 50.5 Å². The van der Waals surface area contributed by atoms with E-state index in [9.17, 15) is 9.59 Å². The average Bonchev–Trinajstić information content (AvgIpc) is 3.39. The van der Waals surface area contributed by atoms with Crippen LogP contribution < -0.4 is 5.56 Å².